The number of benzene rings is 1. The minimum absolute atomic E-state index is 0.772. The second-order valence-electron chi connectivity index (χ2n) is 4.94. The molecule has 0 fully saturated rings. The number of rotatable bonds is 5. The highest BCUT2D eigenvalue weighted by Gasteiger charge is 2.08. The highest BCUT2D eigenvalue weighted by Crippen LogP contribution is 2.15. The first-order chi connectivity index (χ1) is 10.2. The van der Waals surface area contributed by atoms with Crippen LogP contribution in [0.25, 0.3) is 5.69 Å². The van der Waals surface area contributed by atoms with Gasteiger partial charge in [0, 0.05) is 29.9 Å². The van der Waals surface area contributed by atoms with Crippen LogP contribution in [0.3, 0.4) is 0 Å². The summed E-state index contributed by atoms with van der Waals surface area (Å²) in [6.45, 7) is 5.67. The molecule has 0 atom stereocenters. The van der Waals surface area contributed by atoms with Crippen molar-refractivity contribution in [2.45, 2.75) is 26.9 Å². The van der Waals surface area contributed by atoms with Crippen molar-refractivity contribution in [3.05, 3.63) is 64.1 Å². The summed E-state index contributed by atoms with van der Waals surface area (Å²) in [4.78, 5) is 10.0. The molecule has 1 aromatic carbocycles. The molecule has 0 unspecified atom stereocenters. The third-order valence-corrected chi connectivity index (χ3v) is 4.19. The largest absolute Gasteiger partial charge is 0.305 e. The van der Waals surface area contributed by atoms with Crippen LogP contribution >= 0.6 is 11.3 Å². The van der Waals surface area contributed by atoms with E-state index in [0.29, 0.717) is 0 Å². The molecule has 4 nitrogen and oxygen atoms in total. The van der Waals surface area contributed by atoms with Gasteiger partial charge in [-0.05, 0) is 26.0 Å². The van der Waals surface area contributed by atoms with Gasteiger partial charge >= 0.3 is 0 Å². The number of para-hydroxylation sites is 1. The molecule has 2 aromatic heterocycles. The van der Waals surface area contributed by atoms with E-state index >= 15 is 0 Å². The number of imidazole rings is 1. The zero-order chi connectivity index (χ0) is 14.7. The molecule has 2 heterocycles. The predicted molar refractivity (Wildman–Crippen MR) is 85.7 cm³/mol. The highest BCUT2D eigenvalue weighted by molar-refractivity contribution is 7.11. The topological polar surface area (TPSA) is 42.7 Å². The molecule has 0 spiro atoms. The van der Waals surface area contributed by atoms with E-state index in [1.165, 1.54) is 4.88 Å². The minimum Gasteiger partial charge on any atom is -0.305 e. The van der Waals surface area contributed by atoms with Crippen molar-refractivity contribution in [3.8, 4) is 5.69 Å². The SMILES string of the molecule is Cc1cnc(CNCc2cnc(C)n2-c2ccccc2)s1. The van der Waals surface area contributed by atoms with Gasteiger partial charge in [-0.3, -0.25) is 4.57 Å². The molecule has 0 radical (unpaired) electrons. The molecule has 1 N–H and O–H groups in total. The highest BCUT2D eigenvalue weighted by atomic mass is 32.1. The first kappa shape index (κ1) is 14.0. The molecule has 3 rings (SSSR count). The maximum absolute atomic E-state index is 4.43. The van der Waals surface area contributed by atoms with Gasteiger partial charge in [0.25, 0.3) is 0 Å². The van der Waals surface area contributed by atoms with E-state index in [1.807, 2.05) is 37.5 Å². The summed E-state index contributed by atoms with van der Waals surface area (Å²) in [6.07, 6.45) is 3.85. The molecule has 5 heteroatoms. The Morgan fingerprint density at radius 1 is 1.05 bits per heavy atom. The first-order valence-corrected chi connectivity index (χ1v) is 7.76. The van der Waals surface area contributed by atoms with Crippen molar-refractivity contribution >= 4 is 11.3 Å². The average molecular weight is 298 g/mol. The summed E-state index contributed by atoms with van der Waals surface area (Å²) >= 11 is 1.73. The van der Waals surface area contributed by atoms with Gasteiger partial charge < -0.3 is 5.32 Å². The zero-order valence-corrected chi connectivity index (χ0v) is 13.0. The Kier molecular flexibility index (Phi) is 4.13. The second kappa shape index (κ2) is 6.20. The van der Waals surface area contributed by atoms with Crippen LogP contribution in [0.5, 0.6) is 0 Å². The maximum atomic E-state index is 4.43. The fourth-order valence-electron chi connectivity index (χ4n) is 2.33. The van der Waals surface area contributed by atoms with Crippen molar-refractivity contribution in [3.63, 3.8) is 0 Å². The quantitative estimate of drug-likeness (QED) is 0.786. The van der Waals surface area contributed by atoms with E-state index in [-0.39, 0.29) is 0 Å². The van der Waals surface area contributed by atoms with Gasteiger partial charge in [0.1, 0.15) is 10.8 Å². The van der Waals surface area contributed by atoms with Crippen molar-refractivity contribution in [1.29, 1.82) is 0 Å². The van der Waals surface area contributed by atoms with E-state index < -0.39 is 0 Å². The van der Waals surface area contributed by atoms with E-state index in [4.69, 9.17) is 0 Å². The number of nitrogens with one attached hydrogen (secondary N) is 1. The smallest absolute Gasteiger partial charge is 0.110 e. The fourth-order valence-corrected chi connectivity index (χ4v) is 3.08. The molecular formula is C16H18N4S. The third-order valence-electron chi connectivity index (χ3n) is 3.28. The lowest BCUT2D eigenvalue weighted by Gasteiger charge is -2.10. The molecule has 0 aliphatic rings. The standard InChI is InChI=1S/C16H18N4S/c1-12-8-19-16(21-12)11-17-9-15-10-18-13(2)20(15)14-6-4-3-5-7-14/h3-8,10,17H,9,11H2,1-2H3. The Morgan fingerprint density at radius 2 is 1.86 bits per heavy atom. The van der Waals surface area contributed by atoms with Gasteiger partial charge in [-0.15, -0.1) is 11.3 Å². The lowest BCUT2D eigenvalue weighted by Crippen LogP contribution is -2.15. The monoisotopic (exact) mass is 298 g/mol. The van der Waals surface area contributed by atoms with Crippen molar-refractivity contribution in [2.24, 2.45) is 0 Å². The molecule has 0 saturated carbocycles. The summed E-state index contributed by atoms with van der Waals surface area (Å²) in [5.74, 6) is 1.00. The Morgan fingerprint density at radius 3 is 2.57 bits per heavy atom. The maximum Gasteiger partial charge on any atom is 0.110 e. The summed E-state index contributed by atoms with van der Waals surface area (Å²) in [5.41, 5.74) is 2.31. The van der Waals surface area contributed by atoms with Crippen LogP contribution in [0.1, 0.15) is 21.4 Å². The second-order valence-corrected chi connectivity index (χ2v) is 6.26. The number of nitrogens with zero attached hydrogens (tertiary/aromatic N) is 3. The Labute approximate surface area is 128 Å². The van der Waals surface area contributed by atoms with E-state index in [0.717, 1.165) is 35.3 Å². The Bertz CT molecular complexity index is 715. The van der Waals surface area contributed by atoms with E-state index in [9.17, 15) is 0 Å². The van der Waals surface area contributed by atoms with Crippen LogP contribution in [-0.2, 0) is 13.1 Å². The van der Waals surface area contributed by atoms with Gasteiger partial charge in [-0.25, -0.2) is 9.97 Å². The number of thiazole rings is 1. The van der Waals surface area contributed by atoms with E-state index in [2.05, 4.69) is 38.9 Å². The fraction of sp³-hybridized carbons (Fsp3) is 0.250. The lowest BCUT2D eigenvalue weighted by atomic mass is 10.3. The summed E-state index contributed by atoms with van der Waals surface area (Å²) in [5, 5.41) is 4.56. The van der Waals surface area contributed by atoms with Crippen LogP contribution in [0.4, 0.5) is 0 Å². The summed E-state index contributed by atoms with van der Waals surface area (Å²) in [6, 6.07) is 10.3. The molecule has 3 aromatic rings. The third kappa shape index (κ3) is 3.20. The predicted octanol–water partition coefficient (Wildman–Crippen LogP) is 3.24. The Balaban J connectivity index is 1.72. The molecular weight excluding hydrogens is 280 g/mol. The molecule has 0 bridgehead atoms. The first-order valence-electron chi connectivity index (χ1n) is 6.94. The zero-order valence-electron chi connectivity index (χ0n) is 12.2. The Hall–Kier alpha value is -1.98. The van der Waals surface area contributed by atoms with Gasteiger partial charge in [0.05, 0.1) is 11.9 Å². The molecule has 0 aliphatic carbocycles. The van der Waals surface area contributed by atoms with Crippen LogP contribution in [0, 0.1) is 13.8 Å². The van der Waals surface area contributed by atoms with Crippen LogP contribution < -0.4 is 5.32 Å². The molecule has 0 amide bonds. The minimum atomic E-state index is 0.772. The van der Waals surface area contributed by atoms with Crippen LogP contribution in [0.15, 0.2) is 42.7 Å². The number of hydrogen-bond donors (Lipinski definition) is 1. The van der Waals surface area contributed by atoms with Crippen LogP contribution in [-0.4, -0.2) is 14.5 Å². The van der Waals surface area contributed by atoms with Crippen molar-refractivity contribution < 1.29 is 0 Å². The average Bonchev–Trinajstić information content (AvgIpc) is 3.06. The van der Waals surface area contributed by atoms with Crippen molar-refractivity contribution in [2.75, 3.05) is 0 Å². The number of hydrogen-bond acceptors (Lipinski definition) is 4. The lowest BCUT2D eigenvalue weighted by molar-refractivity contribution is 0.664. The van der Waals surface area contributed by atoms with Gasteiger partial charge in [0.15, 0.2) is 0 Å². The normalized spacial score (nSPS) is 11.0. The molecule has 21 heavy (non-hydrogen) atoms. The molecule has 0 aliphatic heterocycles. The number of aryl methyl sites for hydroxylation is 2. The van der Waals surface area contributed by atoms with Gasteiger partial charge in [0.2, 0.25) is 0 Å². The van der Waals surface area contributed by atoms with Crippen molar-refractivity contribution in [1.82, 2.24) is 19.9 Å². The molecule has 108 valence electrons. The summed E-state index contributed by atoms with van der Waals surface area (Å²) in [7, 11) is 0. The molecule has 0 saturated heterocycles. The van der Waals surface area contributed by atoms with Crippen LogP contribution in [0.2, 0.25) is 0 Å². The summed E-state index contributed by atoms with van der Waals surface area (Å²) < 4.78 is 2.18. The van der Waals surface area contributed by atoms with Gasteiger partial charge in [-0.2, -0.15) is 0 Å². The number of aromatic nitrogens is 3. The van der Waals surface area contributed by atoms with Gasteiger partial charge in [-0.1, -0.05) is 18.2 Å². The van der Waals surface area contributed by atoms with E-state index in [1.54, 1.807) is 11.3 Å².